The quantitative estimate of drug-likeness (QED) is 0.677. The highest BCUT2D eigenvalue weighted by Gasteiger charge is 2.26. The molecular weight excluding hydrogens is 190 g/mol. The fourth-order valence-corrected chi connectivity index (χ4v) is 2.54. The van der Waals surface area contributed by atoms with Crippen molar-refractivity contribution >= 4 is 0 Å². The second-order valence-electron chi connectivity index (χ2n) is 4.89. The summed E-state index contributed by atoms with van der Waals surface area (Å²) in [5.41, 5.74) is 6.17. The normalized spacial score (nSPS) is 35.6. The minimum Gasteiger partial charge on any atom is -0.379 e. The molecule has 0 aromatic carbocycles. The first kappa shape index (κ1) is 11.3. The van der Waals surface area contributed by atoms with Crippen LogP contribution in [0.3, 0.4) is 0 Å². The average Bonchev–Trinajstić information content (AvgIpc) is 2.25. The molecule has 0 bridgehead atoms. The number of nitrogens with two attached hydrogens (primary N) is 1. The predicted octanol–water partition coefficient (Wildman–Crippen LogP) is -0.402. The van der Waals surface area contributed by atoms with Crippen molar-refractivity contribution in [3.05, 3.63) is 0 Å². The lowest BCUT2D eigenvalue weighted by Gasteiger charge is -2.38. The van der Waals surface area contributed by atoms with Gasteiger partial charge in [0.15, 0.2) is 0 Å². The zero-order chi connectivity index (χ0) is 10.7. The van der Waals surface area contributed by atoms with Gasteiger partial charge in [0.05, 0.1) is 13.2 Å². The number of nitrogens with zero attached hydrogens (tertiary/aromatic N) is 2. The first-order valence-electron chi connectivity index (χ1n) is 6.00. The van der Waals surface area contributed by atoms with Gasteiger partial charge in [-0.05, 0) is 25.9 Å². The molecule has 0 aliphatic carbocycles. The standard InChI is InChI=1S/C11H23N3O/c1-13-3-2-11(12)10(8-13)9-14-4-6-15-7-5-14/h10-11H,2-9,12H2,1H3. The molecule has 0 amide bonds. The molecule has 2 aliphatic heterocycles. The van der Waals surface area contributed by atoms with Crippen molar-refractivity contribution in [2.45, 2.75) is 12.5 Å². The molecule has 2 N–H and O–H groups in total. The highest BCUT2D eigenvalue weighted by atomic mass is 16.5. The van der Waals surface area contributed by atoms with Crippen molar-refractivity contribution in [1.29, 1.82) is 0 Å². The summed E-state index contributed by atoms with van der Waals surface area (Å²) in [6.45, 7) is 7.38. The van der Waals surface area contributed by atoms with E-state index in [-0.39, 0.29) is 0 Å². The smallest absolute Gasteiger partial charge is 0.0594 e. The lowest BCUT2D eigenvalue weighted by atomic mass is 9.92. The van der Waals surface area contributed by atoms with Crippen LogP contribution < -0.4 is 5.73 Å². The monoisotopic (exact) mass is 213 g/mol. The number of hydrogen-bond donors (Lipinski definition) is 1. The Balaban J connectivity index is 1.80. The second kappa shape index (κ2) is 5.25. The molecule has 0 spiro atoms. The summed E-state index contributed by atoms with van der Waals surface area (Å²) >= 11 is 0. The van der Waals surface area contributed by atoms with E-state index in [9.17, 15) is 0 Å². The van der Waals surface area contributed by atoms with Gasteiger partial charge in [-0.1, -0.05) is 0 Å². The highest BCUT2D eigenvalue weighted by molar-refractivity contribution is 4.84. The van der Waals surface area contributed by atoms with E-state index < -0.39 is 0 Å². The largest absolute Gasteiger partial charge is 0.379 e. The van der Waals surface area contributed by atoms with Crippen LogP contribution >= 0.6 is 0 Å². The maximum absolute atomic E-state index is 6.17. The molecule has 2 saturated heterocycles. The molecule has 2 atom stereocenters. The van der Waals surface area contributed by atoms with Crippen LogP contribution in [-0.2, 0) is 4.74 Å². The van der Waals surface area contributed by atoms with Crippen molar-refractivity contribution in [1.82, 2.24) is 9.80 Å². The Morgan fingerprint density at radius 2 is 2.00 bits per heavy atom. The van der Waals surface area contributed by atoms with E-state index in [0.717, 1.165) is 52.4 Å². The Morgan fingerprint density at radius 3 is 2.73 bits per heavy atom. The number of rotatable bonds is 2. The Bertz CT molecular complexity index is 194. The summed E-state index contributed by atoms with van der Waals surface area (Å²) in [6, 6.07) is 0.393. The first-order chi connectivity index (χ1) is 7.25. The van der Waals surface area contributed by atoms with E-state index in [1.165, 1.54) is 0 Å². The number of piperidine rings is 1. The third-order valence-electron chi connectivity index (χ3n) is 3.59. The molecule has 2 aliphatic rings. The fraction of sp³-hybridized carbons (Fsp3) is 1.00. The van der Waals surface area contributed by atoms with Gasteiger partial charge in [0.25, 0.3) is 0 Å². The molecule has 15 heavy (non-hydrogen) atoms. The van der Waals surface area contributed by atoms with Gasteiger partial charge in [0.2, 0.25) is 0 Å². The van der Waals surface area contributed by atoms with Gasteiger partial charge in [-0.3, -0.25) is 4.90 Å². The van der Waals surface area contributed by atoms with Crippen molar-refractivity contribution in [2.75, 3.05) is 53.0 Å². The SMILES string of the molecule is CN1CCC(N)C(CN2CCOCC2)C1. The lowest BCUT2D eigenvalue weighted by Crippen LogP contribution is -2.51. The number of hydrogen-bond acceptors (Lipinski definition) is 4. The van der Waals surface area contributed by atoms with E-state index in [2.05, 4.69) is 16.8 Å². The van der Waals surface area contributed by atoms with Gasteiger partial charge >= 0.3 is 0 Å². The maximum Gasteiger partial charge on any atom is 0.0594 e. The minimum absolute atomic E-state index is 0.393. The van der Waals surface area contributed by atoms with Gasteiger partial charge in [-0.25, -0.2) is 0 Å². The van der Waals surface area contributed by atoms with Crippen LogP contribution in [0.1, 0.15) is 6.42 Å². The van der Waals surface area contributed by atoms with Crippen LogP contribution in [0.25, 0.3) is 0 Å². The van der Waals surface area contributed by atoms with Crippen molar-refractivity contribution in [3.63, 3.8) is 0 Å². The van der Waals surface area contributed by atoms with Crippen LogP contribution in [0.5, 0.6) is 0 Å². The fourth-order valence-electron chi connectivity index (χ4n) is 2.54. The van der Waals surface area contributed by atoms with Crippen LogP contribution in [0.15, 0.2) is 0 Å². The van der Waals surface area contributed by atoms with Crippen LogP contribution in [0.2, 0.25) is 0 Å². The molecule has 88 valence electrons. The third kappa shape index (κ3) is 3.14. The molecule has 0 aromatic rings. The summed E-state index contributed by atoms with van der Waals surface area (Å²) in [5, 5.41) is 0. The third-order valence-corrected chi connectivity index (χ3v) is 3.59. The summed E-state index contributed by atoms with van der Waals surface area (Å²) < 4.78 is 5.35. The Kier molecular flexibility index (Phi) is 3.97. The van der Waals surface area contributed by atoms with Gasteiger partial charge in [-0.15, -0.1) is 0 Å². The molecule has 4 nitrogen and oxygen atoms in total. The number of morpholine rings is 1. The van der Waals surface area contributed by atoms with Crippen LogP contribution in [0, 0.1) is 5.92 Å². The van der Waals surface area contributed by atoms with Gasteiger partial charge in [-0.2, -0.15) is 0 Å². The van der Waals surface area contributed by atoms with E-state index in [1.807, 2.05) is 0 Å². The molecule has 2 heterocycles. The Morgan fingerprint density at radius 1 is 1.27 bits per heavy atom. The van der Waals surface area contributed by atoms with Crippen molar-refractivity contribution < 1.29 is 4.74 Å². The highest BCUT2D eigenvalue weighted by Crippen LogP contribution is 2.16. The topological polar surface area (TPSA) is 41.7 Å². The minimum atomic E-state index is 0.393. The summed E-state index contributed by atoms with van der Waals surface area (Å²) in [7, 11) is 2.19. The molecular formula is C11H23N3O. The number of likely N-dealkylation sites (tertiary alicyclic amines) is 1. The van der Waals surface area contributed by atoms with E-state index in [0.29, 0.717) is 12.0 Å². The van der Waals surface area contributed by atoms with Crippen LogP contribution in [0.4, 0.5) is 0 Å². The van der Waals surface area contributed by atoms with Crippen molar-refractivity contribution in [2.24, 2.45) is 11.7 Å². The molecule has 2 fully saturated rings. The zero-order valence-corrected chi connectivity index (χ0v) is 9.69. The summed E-state index contributed by atoms with van der Waals surface area (Å²) in [6.07, 6.45) is 1.14. The van der Waals surface area contributed by atoms with Gasteiger partial charge in [0.1, 0.15) is 0 Å². The summed E-state index contributed by atoms with van der Waals surface area (Å²) in [5.74, 6) is 0.641. The molecule has 0 aromatic heterocycles. The number of ether oxygens (including phenoxy) is 1. The van der Waals surface area contributed by atoms with E-state index in [1.54, 1.807) is 0 Å². The van der Waals surface area contributed by atoms with Crippen molar-refractivity contribution in [3.8, 4) is 0 Å². The average molecular weight is 213 g/mol. The zero-order valence-electron chi connectivity index (χ0n) is 9.69. The molecule has 2 unspecified atom stereocenters. The first-order valence-corrected chi connectivity index (χ1v) is 6.00. The van der Waals surface area contributed by atoms with Crippen LogP contribution in [-0.4, -0.2) is 68.8 Å². The lowest BCUT2D eigenvalue weighted by molar-refractivity contribution is 0.0218. The second-order valence-corrected chi connectivity index (χ2v) is 4.89. The predicted molar refractivity (Wildman–Crippen MR) is 60.8 cm³/mol. The van der Waals surface area contributed by atoms with E-state index >= 15 is 0 Å². The Hall–Kier alpha value is -0.160. The maximum atomic E-state index is 6.17. The molecule has 0 saturated carbocycles. The van der Waals surface area contributed by atoms with E-state index in [4.69, 9.17) is 10.5 Å². The molecule has 2 rings (SSSR count). The van der Waals surface area contributed by atoms with Gasteiger partial charge < -0.3 is 15.4 Å². The van der Waals surface area contributed by atoms with Gasteiger partial charge in [0, 0.05) is 32.2 Å². The Labute approximate surface area is 92.4 Å². The molecule has 0 radical (unpaired) electrons. The molecule has 4 heteroatoms. The summed E-state index contributed by atoms with van der Waals surface area (Å²) in [4.78, 5) is 4.89.